The Morgan fingerprint density at radius 3 is 2.69 bits per heavy atom. The number of anilines is 1. The SMILES string of the molecule is CC1(C)Cc2cc(NC(=O)/C(=C/N)c3ncccn3)c(C3CC3)cc2O1. The fourth-order valence-corrected chi connectivity index (χ4v) is 3.39. The minimum Gasteiger partial charge on any atom is -0.487 e. The van der Waals surface area contributed by atoms with Crippen LogP contribution in [0.3, 0.4) is 0 Å². The molecular weight excluding hydrogens is 328 g/mol. The Kier molecular flexibility index (Phi) is 3.90. The van der Waals surface area contributed by atoms with Gasteiger partial charge in [0.05, 0.1) is 5.57 Å². The number of rotatable bonds is 4. The number of ether oxygens (including phenoxy) is 1. The number of carbonyl (C=O) groups excluding carboxylic acids is 1. The number of fused-ring (bicyclic) bond motifs is 1. The predicted molar refractivity (Wildman–Crippen MR) is 99.7 cm³/mol. The summed E-state index contributed by atoms with van der Waals surface area (Å²) in [5, 5.41) is 3.02. The van der Waals surface area contributed by atoms with Gasteiger partial charge in [-0.2, -0.15) is 0 Å². The highest BCUT2D eigenvalue weighted by Crippen LogP contribution is 2.48. The second-order valence-corrected chi connectivity index (χ2v) is 7.47. The first-order valence-corrected chi connectivity index (χ1v) is 8.83. The highest BCUT2D eigenvalue weighted by molar-refractivity contribution is 6.24. The molecule has 1 fully saturated rings. The van der Waals surface area contributed by atoms with Crippen LogP contribution in [0, 0.1) is 0 Å². The van der Waals surface area contributed by atoms with E-state index in [2.05, 4.69) is 35.2 Å². The van der Waals surface area contributed by atoms with Gasteiger partial charge in [0, 0.05) is 36.3 Å². The third-order valence-corrected chi connectivity index (χ3v) is 4.72. The van der Waals surface area contributed by atoms with Crippen molar-refractivity contribution in [1.29, 1.82) is 0 Å². The van der Waals surface area contributed by atoms with Gasteiger partial charge >= 0.3 is 0 Å². The maximum Gasteiger partial charge on any atom is 0.260 e. The van der Waals surface area contributed by atoms with E-state index in [0.29, 0.717) is 11.7 Å². The summed E-state index contributed by atoms with van der Waals surface area (Å²) in [6, 6.07) is 5.82. The molecule has 0 saturated heterocycles. The van der Waals surface area contributed by atoms with Crippen LogP contribution in [0.4, 0.5) is 5.69 Å². The third-order valence-electron chi connectivity index (χ3n) is 4.72. The molecule has 1 aliphatic heterocycles. The Morgan fingerprint density at radius 1 is 1.31 bits per heavy atom. The van der Waals surface area contributed by atoms with E-state index in [-0.39, 0.29) is 17.1 Å². The summed E-state index contributed by atoms with van der Waals surface area (Å²) >= 11 is 0. The zero-order valence-corrected chi connectivity index (χ0v) is 15.0. The lowest BCUT2D eigenvalue weighted by Gasteiger charge is -2.17. The van der Waals surface area contributed by atoms with Gasteiger partial charge in [-0.3, -0.25) is 4.79 Å². The van der Waals surface area contributed by atoms with E-state index in [4.69, 9.17) is 10.5 Å². The standard InChI is InChI=1S/C20H22N4O2/c1-20(2)10-13-8-16(14(12-4-5-12)9-17(13)26-20)24-19(25)15(11-21)18-22-6-3-7-23-18/h3,6-9,11-12H,4-5,10,21H2,1-2H3,(H,24,25)/b15-11+. The molecule has 0 atom stereocenters. The van der Waals surface area contributed by atoms with Gasteiger partial charge in [-0.1, -0.05) is 0 Å². The van der Waals surface area contributed by atoms with Crippen LogP contribution in [0.25, 0.3) is 5.57 Å². The van der Waals surface area contributed by atoms with Crippen molar-refractivity contribution in [3.8, 4) is 5.75 Å². The summed E-state index contributed by atoms with van der Waals surface area (Å²) in [6.07, 6.45) is 7.50. The molecule has 0 bridgehead atoms. The lowest BCUT2D eigenvalue weighted by atomic mass is 9.98. The number of hydrogen-bond donors (Lipinski definition) is 2. The van der Waals surface area contributed by atoms with Crippen molar-refractivity contribution in [2.24, 2.45) is 5.73 Å². The van der Waals surface area contributed by atoms with Gasteiger partial charge in [0.25, 0.3) is 5.91 Å². The number of aromatic nitrogens is 2. The molecule has 0 spiro atoms. The molecule has 3 N–H and O–H groups in total. The first-order valence-electron chi connectivity index (χ1n) is 8.83. The molecule has 1 saturated carbocycles. The van der Waals surface area contributed by atoms with Crippen LogP contribution in [0.2, 0.25) is 0 Å². The summed E-state index contributed by atoms with van der Waals surface area (Å²) in [6.45, 7) is 4.15. The van der Waals surface area contributed by atoms with E-state index < -0.39 is 0 Å². The molecule has 0 unspecified atom stereocenters. The van der Waals surface area contributed by atoms with Crippen molar-refractivity contribution in [2.45, 2.75) is 44.6 Å². The number of carbonyl (C=O) groups is 1. The molecule has 0 radical (unpaired) electrons. The number of nitrogens with zero attached hydrogens (tertiary/aromatic N) is 2. The lowest BCUT2D eigenvalue weighted by molar-refractivity contribution is -0.111. The van der Waals surface area contributed by atoms with Crippen LogP contribution >= 0.6 is 0 Å². The summed E-state index contributed by atoms with van der Waals surface area (Å²) in [4.78, 5) is 21.0. The van der Waals surface area contributed by atoms with Crippen LogP contribution in [0.5, 0.6) is 5.75 Å². The number of benzene rings is 1. The Morgan fingerprint density at radius 2 is 2.04 bits per heavy atom. The molecule has 1 aliphatic carbocycles. The quantitative estimate of drug-likeness (QED) is 0.827. The third kappa shape index (κ3) is 3.14. The van der Waals surface area contributed by atoms with E-state index in [1.54, 1.807) is 18.5 Å². The Hall–Kier alpha value is -2.89. The average molecular weight is 350 g/mol. The van der Waals surface area contributed by atoms with Crippen LogP contribution in [-0.2, 0) is 11.2 Å². The fraction of sp³-hybridized carbons (Fsp3) is 0.350. The summed E-state index contributed by atoms with van der Waals surface area (Å²) in [7, 11) is 0. The van der Waals surface area contributed by atoms with E-state index >= 15 is 0 Å². The second kappa shape index (κ2) is 6.12. The topological polar surface area (TPSA) is 90.1 Å². The monoisotopic (exact) mass is 350 g/mol. The van der Waals surface area contributed by atoms with Crippen molar-refractivity contribution in [3.05, 3.63) is 53.7 Å². The summed E-state index contributed by atoms with van der Waals surface area (Å²) < 4.78 is 6.05. The highest BCUT2D eigenvalue weighted by atomic mass is 16.5. The van der Waals surface area contributed by atoms with E-state index in [0.717, 1.165) is 41.8 Å². The maximum atomic E-state index is 12.8. The zero-order valence-electron chi connectivity index (χ0n) is 15.0. The average Bonchev–Trinajstić information content (AvgIpc) is 3.38. The van der Waals surface area contributed by atoms with Crippen molar-refractivity contribution < 1.29 is 9.53 Å². The molecule has 1 amide bonds. The van der Waals surface area contributed by atoms with E-state index in [9.17, 15) is 4.79 Å². The minimum absolute atomic E-state index is 0.216. The van der Waals surface area contributed by atoms with Crippen LogP contribution in [0.15, 0.2) is 36.8 Å². The molecule has 1 aromatic carbocycles. The number of amides is 1. The van der Waals surface area contributed by atoms with Crippen molar-refractivity contribution in [1.82, 2.24) is 9.97 Å². The van der Waals surface area contributed by atoms with Gasteiger partial charge in [-0.15, -0.1) is 0 Å². The first kappa shape index (κ1) is 16.6. The smallest absolute Gasteiger partial charge is 0.260 e. The molecule has 6 heteroatoms. The molecule has 2 aromatic rings. The predicted octanol–water partition coefficient (Wildman–Crippen LogP) is 3.01. The van der Waals surface area contributed by atoms with Crippen LogP contribution < -0.4 is 15.8 Å². The molecule has 26 heavy (non-hydrogen) atoms. The van der Waals surface area contributed by atoms with Gasteiger partial charge in [-0.05, 0) is 56.4 Å². The van der Waals surface area contributed by atoms with Gasteiger partial charge < -0.3 is 15.8 Å². The molecule has 6 nitrogen and oxygen atoms in total. The first-order chi connectivity index (χ1) is 12.5. The zero-order chi connectivity index (χ0) is 18.3. The molecular formula is C20H22N4O2. The van der Waals surface area contributed by atoms with Crippen molar-refractivity contribution in [3.63, 3.8) is 0 Å². The minimum atomic E-state index is -0.307. The number of nitrogens with two attached hydrogens (primary N) is 1. The fourth-order valence-electron chi connectivity index (χ4n) is 3.39. The largest absolute Gasteiger partial charge is 0.487 e. The van der Waals surface area contributed by atoms with E-state index in [1.807, 2.05) is 6.07 Å². The highest BCUT2D eigenvalue weighted by Gasteiger charge is 2.34. The summed E-state index contributed by atoms with van der Waals surface area (Å²) in [5.74, 6) is 1.40. The summed E-state index contributed by atoms with van der Waals surface area (Å²) in [5.41, 5.74) is 8.78. The van der Waals surface area contributed by atoms with Gasteiger partial charge in [0.1, 0.15) is 11.4 Å². The van der Waals surface area contributed by atoms with E-state index in [1.165, 1.54) is 6.20 Å². The number of hydrogen-bond acceptors (Lipinski definition) is 5. The van der Waals surface area contributed by atoms with Gasteiger partial charge in [0.15, 0.2) is 5.82 Å². The van der Waals surface area contributed by atoms with Crippen molar-refractivity contribution >= 4 is 17.2 Å². The normalized spacial score (nSPS) is 18.2. The lowest BCUT2D eigenvalue weighted by Crippen LogP contribution is -2.24. The van der Waals surface area contributed by atoms with Crippen LogP contribution in [0.1, 0.15) is 49.6 Å². The van der Waals surface area contributed by atoms with Gasteiger partial charge in [-0.25, -0.2) is 9.97 Å². The van der Waals surface area contributed by atoms with Crippen LogP contribution in [-0.4, -0.2) is 21.5 Å². The Labute approximate surface area is 152 Å². The molecule has 1 aromatic heterocycles. The number of nitrogens with one attached hydrogen (secondary N) is 1. The molecule has 4 rings (SSSR count). The Balaban J connectivity index is 1.65. The molecule has 134 valence electrons. The molecule has 2 heterocycles. The Bertz CT molecular complexity index is 886. The molecule has 2 aliphatic rings. The second-order valence-electron chi connectivity index (χ2n) is 7.47. The van der Waals surface area contributed by atoms with Crippen molar-refractivity contribution in [2.75, 3.05) is 5.32 Å². The maximum absolute atomic E-state index is 12.8. The van der Waals surface area contributed by atoms with Gasteiger partial charge in [0.2, 0.25) is 0 Å².